The van der Waals surface area contributed by atoms with Crippen molar-refractivity contribution in [2.45, 2.75) is 37.7 Å². The lowest BCUT2D eigenvalue weighted by atomic mass is 9.73. The average molecular weight is 394 g/mol. The Hall–Kier alpha value is -1.75. The van der Waals surface area contributed by atoms with Crippen molar-refractivity contribution in [3.05, 3.63) is 59.7 Å². The number of hydrogen-bond donors (Lipinski definition) is 0. The Kier molecular flexibility index (Phi) is 5.62. The Morgan fingerprint density at radius 1 is 0.731 bits per heavy atom. The molecule has 8 heteroatoms. The van der Waals surface area contributed by atoms with Crippen molar-refractivity contribution in [1.29, 1.82) is 0 Å². The number of ether oxygens (including phenoxy) is 1. The van der Waals surface area contributed by atoms with Crippen LogP contribution in [-0.4, -0.2) is 18.5 Å². The van der Waals surface area contributed by atoms with E-state index >= 15 is 0 Å². The highest BCUT2D eigenvalue weighted by atomic mass is 31.0. The first-order valence-electron chi connectivity index (χ1n) is 7.66. The molecule has 26 heavy (non-hydrogen) atoms. The van der Waals surface area contributed by atoms with E-state index in [0.29, 0.717) is 5.30 Å². The van der Waals surface area contributed by atoms with Crippen LogP contribution in [0.5, 0.6) is 5.75 Å². The largest absolute Gasteiger partial charge is 0.491 e. The van der Waals surface area contributed by atoms with Crippen LogP contribution in [0.2, 0.25) is 0 Å². The highest BCUT2D eigenvalue weighted by molar-refractivity contribution is 7.27. The number of benzene rings is 2. The van der Waals surface area contributed by atoms with Crippen LogP contribution in [-0.2, 0) is 5.41 Å². The Morgan fingerprint density at radius 2 is 1.12 bits per heavy atom. The van der Waals surface area contributed by atoms with Gasteiger partial charge in [-0.3, -0.25) is 0 Å². The summed E-state index contributed by atoms with van der Waals surface area (Å²) >= 11 is 0. The fourth-order valence-electron chi connectivity index (χ4n) is 2.77. The van der Waals surface area contributed by atoms with Gasteiger partial charge in [0.1, 0.15) is 5.75 Å². The van der Waals surface area contributed by atoms with Crippen LogP contribution in [0, 0.1) is 0 Å². The van der Waals surface area contributed by atoms with Crippen molar-refractivity contribution in [2.75, 3.05) is 0 Å². The van der Waals surface area contributed by atoms with Crippen LogP contribution >= 0.6 is 9.24 Å². The highest BCUT2D eigenvalue weighted by Gasteiger charge is 2.72. The summed E-state index contributed by atoms with van der Waals surface area (Å²) in [7, 11) is 2.23. The van der Waals surface area contributed by atoms with E-state index < -0.39 is 28.9 Å². The molecule has 1 nitrogen and oxygen atoms in total. The summed E-state index contributed by atoms with van der Waals surface area (Å²) in [5.74, 6) is 0.197. The lowest BCUT2D eigenvalue weighted by Gasteiger charge is -2.38. The number of alkyl halides is 6. The van der Waals surface area contributed by atoms with Gasteiger partial charge < -0.3 is 4.74 Å². The first kappa shape index (κ1) is 20.6. The van der Waals surface area contributed by atoms with E-state index in [-0.39, 0.29) is 11.9 Å². The molecular weight excluding hydrogens is 377 g/mol. The summed E-state index contributed by atoms with van der Waals surface area (Å²) in [6.45, 7) is 3.40. The molecule has 2 aromatic rings. The summed E-state index contributed by atoms with van der Waals surface area (Å²) in [5.41, 5.74) is -5.93. The van der Waals surface area contributed by atoms with Gasteiger partial charge in [-0.1, -0.05) is 36.4 Å². The van der Waals surface area contributed by atoms with Crippen LogP contribution in [0.15, 0.2) is 48.5 Å². The van der Waals surface area contributed by atoms with E-state index in [1.807, 2.05) is 0 Å². The third-order valence-corrected chi connectivity index (χ3v) is 4.24. The SMILES string of the molecule is CC(C)Oc1ccc(C(c2ccc(P)cc2)(C(F)(F)F)C(F)(F)F)cc1. The fourth-order valence-corrected chi connectivity index (χ4v) is 2.96. The van der Waals surface area contributed by atoms with Gasteiger partial charge in [0.05, 0.1) is 6.10 Å². The quantitative estimate of drug-likeness (QED) is 0.500. The van der Waals surface area contributed by atoms with Crippen molar-refractivity contribution in [3.8, 4) is 5.75 Å². The van der Waals surface area contributed by atoms with Crippen LogP contribution in [0.4, 0.5) is 26.3 Å². The molecule has 0 aliphatic heterocycles. The minimum absolute atomic E-state index is 0.197. The minimum Gasteiger partial charge on any atom is -0.491 e. The summed E-state index contributed by atoms with van der Waals surface area (Å²) < 4.78 is 88.7. The molecule has 0 saturated carbocycles. The number of halogens is 6. The molecule has 0 radical (unpaired) electrons. The summed E-state index contributed by atoms with van der Waals surface area (Å²) in [4.78, 5) is 0. The number of hydrogen-bond acceptors (Lipinski definition) is 1. The van der Waals surface area contributed by atoms with E-state index in [1.54, 1.807) is 13.8 Å². The topological polar surface area (TPSA) is 9.23 Å². The van der Waals surface area contributed by atoms with Gasteiger partial charge in [0.15, 0.2) is 0 Å². The van der Waals surface area contributed by atoms with Crippen LogP contribution < -0.4 is 10.0 Å². The molecule has 2 aromatic carbocycles. The van der Waals surface area contributed by atoms with Gasteiger partial charge in [-0.15, -0.1) is 9.24 Å². The molecule has 1 unspecified atom stereocenters. The summed E-state index contributed by atoms with van der Waals surface area (Å²) in [6, 6.07) is 7.95. The number of rotatable bonds is 4. The van der Waals surface area contributed by atoms with Gasteiger partial charge in [-0.2, -0.15) is 26.3 Å². The van der Waals surface area contributed by atoms with Crippen molar-refractivity contribution in [2.24, 2.45) is 0 Å². The van der Waals surface area contributed by atoms with Gasteiger partial charge in [0.2, 0.25) is 5.41 Å². The third kappa shape index (κ3) is 3.68. The van der Waals surface area contributed by atoms with Crippen LogP contribution in [0.3, 0.4) is 0 Å². The maximum Gasteiger partial charge on any atom is 0.411 e. The zero-order valence-corrected chi connectivity index (χ0v) is 15.1. The Labute approximate surface area is 149 Å². The molecule has 2 rings (SSSR count). The fraction of sp³-hybridized carbons (Fsp3) is 0.333. The van der Waals surface area contributed by atoms with Crippen molar-refractivity contribution < 1.29 is 31.1 Å². The first-order valence-corrected chi connectivity index (χ1v) is 8.24. The van der Waals surface area contributed by atoms with E-state index in [9.17, 15) is 26.3 Å². The second kappa shape index (κ2) is 7.10. The molecule has 0 aliphatic rings. The highest BCUT2D eigenvalue weighted by Crippen LogP contribution is 2.56. The van der Waals surface area contributed by atoms with Crippen molar-refractivity contribution in [1.82, 2.24) is 0 Å². The smallest absolute Gasteiger partial charge is 0.411 e. The molecule has 1 atom stereocenters. The lowest BCUT2D eigenvalue weighted by molar-refractivity contribution is -0.288. The third-order valence-electron chi connectivity index (χ3n) is 3.85. The van der Waals surface area contributed by atoms with E-state index in [2.05, 4.69) is 9.24 Å². The molecule has 0 aliphatic carbocycles. The maximum absolute atomic E-state index is 13.9. The van der Waals surface area contributed by atoms with Crippen molar-refractivity contribution in [3.63, 3.8) is 0 Å². The van der Waals surface area contributed by atoms with Gasteiger partial charge in [-0.25, -0.2) is 0 Å². The standard InChI is InChI=1S/C18H17F6OP/c1-11(2)25-14-7-3-12(4-8-14)16(17(19,20)21,18(22,23)24)13-5-9-15(26)10-6-13/h3-11H,26H2,1-2H3. The second-order valence-corrected chi connectivity index (χ2v) is 6.73. The summed E-state index contributed by atoms with van der Waals surface area (Å²) in [5, 5.41) is 0.479. The average Bonchev–Trinajstić information content (AvgIpc) is 2.48. The molecule has 0 saturated heterocycles. The Balaban J connectivity index is 2.73. The van der Waals surface area contributed by atoms with Crippen LogP contribution in [0.1, 0.15) is 25.0 Å². The van der Waals surface area contributed by atoms with Crippen molar-refractivity contribution >= 4 is 14.5 Å². The lowest BCUT2D eigenvalue weighted by Crippen LogP contribution is -2.54. The molecular formula is C18H17F6OP. The van der Waals surface area contributed by atoms with Gasteiger partial charge in [0.25, 0.3) is 0 Å². The monoisotopic (exact) mass is 394 g/mol. The first-order chi connectivity index (χ1) is 11.9. The summed E-state index contributed by atoms with van der Waals surface area (Å²) in [6.07, 6.45) is -11.4. The van der Waals surface area contributed by atoms with Gasteiger partial charge in [-0.05, 0) is 42.4 Å². The second-order valence-electron chi connectivity index (χ2n) is 6.06. The zero-order chi connectivity index (χ0) is 19.8. The van der Waals surface area contributed by atoms with E-state index in [0.717, 1.165) is 36.4 Å². The molecule has 0 bridgehead atoms. The molecule has 0 spiro atoms. The minimum atomic E-state index is -5.59. The van der Waals surface area contributed by atoms with Crippen LogP contribution in [0.25, 0.3) is 0 Å². The maximum atomic E-state index is 13.9. The van der Waals surface area contributed by atoms with E-state index in [1.165, 1.54) is 12.1 Å². The zero-order valence-electron chi connectivity index (χ0n) is 13.9. The molecule has 142 valence electrons. The molecule has 0 fully saturated rings. The predicted molar refractivity (Wildman–Crippen MR) is 90.9 cm³/mol. The Morgan fingerprint density at radius 3 is 1.46 bits per heavy atom. The Bertz CT molecular complexity index is 718. The molecule has 0 amide bonds. The molecule has 0 N–H and O–H groups in total. The molecule has 0 heterocycles. The van der Waals surface area contributed by atoms with Gasteiger partial charge in [0, 0.05) is 0 Å². The normalized spacial score (nSPS) is 13.2. The van der Waals surface area contributed by atoms with E-state index in [4.69, 9.17) is 4.74 Å². The van der Waals surface area contributed by atoms with Gasteiger partial charge >= 0.3 is 12.4 Å². The molecule has 0 aromatic heterocycles. The predicted octanol–water partition coefficient (Wildman–Crippen LogP) is 5.38.